The van der Waals surface area contributed by atoms with Crippen molar-refractivity contribution in [2.45, 2.75) is 0 Å². The number of carbonyl (C=O) groups is 2. The Morgan fingerprint density at radius 2 is 1.87 bits per heavy atom. The van der Waals surface area contributed by atoms with Gasteiger partial charge in [-0.25, -0.2) is 4.79 Å². The van der Waals surface area contributed by atoms with E-state index < -0.39 is 0 Å². The van der Waals surface area contributed by atoms with Gasteiger partial charge in [0.15, 0.2) is 5.78 Å². The highest BCUT2D eigenvalue weighted by Crippen LogP contribution is 2.19. The molecule has 0 spiro atoms. The molecule has 1 aliphatic heterocycles. The molecule has 1 aliphatic rings. The van der Waals surface area contributed by atoms with Crippen LogP contribution in [0.1, 0.15) is 10.4 Å². The number of benzene rings is 1. The van der Waals surface area contributed by atoms with Crippen LogP contribution in [0.15, 0.2) is 24.3 Å². The molecule has 2 rings (SSSR count). The normalized spacial score (nSPS) is 14.7. The molecule has 0 bridgehead atoms. The molecule has 0 amide bonds. The summed E-state index contributed by atoms with van der Waals surface area (Å²) in [5.41, 5.74) is 1.48. The van der Waals surface area contributed by atoms with Gasteiger partial charge in [0.2, 0.25) is 0 Å². The van der Waals surface area contributed by atoms with E-state index in [0.29, 0.717) is 18.7 Å². The highest BCUT2D eigenvalue weighted by atomic mass is 16.5. The van der Waals surface area contributed by atoms with Crippen molar-refractivity contribution in [1.82, 2.24) is 0 Å². The molecule has 1 aromatic carbocycles. The van der Waals surface area contributed by atoms with Crippen molar-refractivity contribution in [3.8, 4) is 0 Å². The summed E-state index contributed by atoms with van der Waals surface area (Å²) in [6, 6.07) is 7.03. The van der Waals surface area contributed by atoms with E-state index in [9.17, 15) is 9.59 Å². The zero-order chi connectivity index (χ0) is 10.8. The van der Waals surface area contributed by atoms with Gasteiger partial charge in [0.05, 0.1) is 25.8 Å². The van der Waals surface area contributed by atoms with E-state index in [1.54, 1.807) is 12.1 Å². The Morgan fingerprint density at radius 1 is 1.27 bits per heavy atom. The maximum Gasteiger partial charge on any atom is 0.337 e. The van der Waals surface area contributed by atoms with Crippen molar-refractivity contribution in [2.75, 3.05) is 25.1 Å². The Morgan fingerprint density at radius 3 is 2.33 bits per heavy atom. The third kappa shape index (κ3) is 1.83. The summed E-state index contributed by atoms with van der Waals surface area (Å²) in [5, 5.41) is 0. The fraction of sp³-hybridized carbons (Fsp3) is 0.273. The summed E-state index contributed by atoms with van der Waals surface area (Å²) in [6.45, 7) is 0.940. The van der Waals surface area contributed by atoms with Crippen molar-refractivity contribution >= 4 is 17.4 Å². The molecule has 4 nitrogen and oxygen atoms in total. The zero-order valence-electron chi connectivity index (χ0n) is 8.40. The Labute approximate surface area is 87.4 Å². The molecular formula is C11H11NO3. The number of rotatable bonds is 2. The van der Waals surface area contributed by atoms with E-state index >= 15 is 0 Å². The van der Waals surface area contributed by atoms with Crippen LogP contribution < -0.4 is 4.90 Å². The Kier molecular flexibility index (Phi) is 2.41. The van der Waals surface area contributed by atoms with E-state index in [0.717, 1.165) is 5.69 Å². The number of nitrogens with zero attached hydrogens (tertiary/aromatic N) is 1. The number of carbonyl (C=O) groups excluding carboxylic acids is 2. The third-order valence-corrected chi connectivity index (χ3v) is 2.39. The van der Waals surface area contributed by atoms with Crippen molar-refractivity contribution < 1.29 is 14.3 Å². The average molecular weight is 205 g/mol. The SMILES string of the molecule is COC(=O)c1ccc(N2CC(=O)C2)cc1. The van der Waals surface area contributed by atoms with Gasteiger partial charge in [-0.05, 0) is 24.3 Å². The first-order valence-corrected chi connectivity index (χ1v) is 4.66. The number of ketones is 1. The van der Waals surface area contributed by atoms with Gasteiger partial charge in [-0.1, -0.05) is 0 Å². The fourth-order valence-electron chi connectivity index (χ4n) is 1.49. The molecular weight excluding hydrogens is 194 g/mol. The second kappa shape index (κ2) is 3.73. The lowest BCUT2D eigenvalue weighted by molar-refractivity contribution is -0.119. The predicted molar refractivity (Wildman–Crippen MR) is 55.0 cm³/mol. The van der Waals surface area contributed by atoms with Gasteiger partial charge in [-0.3, -0.25) is 4.79 Å². The van der Waals surface area contributed by atoms with Crippen molar-refractivity contribution in [3.05, 3.63) is 29.8 Å². The number of ether oxygens (including phenoxy) is 1. The van der Waals surface area contributed by atoms with Crippen molar-refractivity contribution in [1.29, 1.82) is 0 Å². The minimum Gasteiger partial charge on any atom is -0.465 e. The van der Waals surface area contributed by atoms with Crippen LogP contribution in [0.3, 0.4) is 0 Å². The first-order chi connectivity index (χ1) is 7.20. The van der Waals surface area contributed by atoms with Crippen LogP contribution in [-0.2, 0) is 9.53 Å². The van der Waals surface area contributed by atoms with Crippen LogP contribution in [0, 0.1) is 0 Å². The van der Waals surface area contributed by atoms with Crippen LogP contribution >= 0.6 is 0 Å². The molecule has 0 aliphatic carbocycles. The van der Waals surface area contributed by atoms with Crippen LogP contribution in [0.5, 0.6) is 0 Å². The lowest BCUT2D eigenvalue weighted by Crippen LogP contribution is -2.47. The summed E-state index contributed by atoms with van der Waals surface area (Å²) in [6.07, 6.45) is 0. The monoisotopic (exact) mass is 205 g/mol. The largest absolute Gasteiger partial charge is 0.465 e. The van der Waals surface area contributed by atoms with Crippen LogP contribution in [0.25, 0.3) is 0 Å². The number of hydrogen-bond acceptors (Lipinski definition) is 4. The highest BCUT2D eigenvalue weighted by molar-refractivity contribution is 5.96. The van der Waals surface area contributed by atoms with Crippen molar-refractivity contribution in [2.24, 2.45) is 0 Å². The minimum absolute atomic E-state index is 0.243. The predicted octanol–water partition coefficient (Wildman–Crippen LogP) is 0.862. The summed E-state index contributed by atoms with van der Waals surface area (Å²) in [7, 11) is 1.35. The molecule has 0 N–H and O–H groups in total. The minimum atomic E-state index is -0.346. The molecule has 78 valence electrons. The lowest BCUT2D eigenvalue weighted by Gasteiger charge is -2.31. The smallest absolute Gasteiger partial charge is 0.337 e. The molecule has 0 aromatic heterocycles. The van der Waals surface area contributed by atoms with E-state index in [4.69, 9.17) is 0 Å². The molecule has 1 aromatic rings. The Hall–Kier alpha value is -1.84. The van der Waals surface area contributed by atoms with Crippen LogP contribution in [0.4, 0.5) is 5.69 Å². The van der Waals surface area contributed by atoms with Crippen molar-refractivity contribution in [3.63, 3.8) is 0 Å². The van der Waals surface area contributed by atoms with Gasteiger partial charge in [0.1, 0.15) is 0 Å². The Balaban J connectivity index is 2.10. The molecule has 1 saturated heterocycles. The molecule has 4 heteroatoms. The summed E-state index contributed by atoms with van der Waals surface area (Å²) >= 11 is 0. The number of anilines is 1. The van der Waals surface area contributed by atoms with Gasteiger partial charge in [-0.15, -0.1) is 0 Å². The second-order valence-electron chi connectivity index (χ2n) is 3.43. The first-order valence-electron chi connectivity index (χ1n) is 4.66. The molecule has 1 heterocycles. The molecule has 0 radical (unpaired) electrons. The fourth-order valence-corrected chi connectivity index (χ4v) is 1.49. The Bertz CT molecular complexity index is 389. The maximum atomic E-state index is 11.1. The van der Waals surface area contributed by atoms with Gasteiger partial charge in [0.25, 0.3) is 0 Å². The zero-order valence-corrected chi connectivity index (χ0v) is 8.40. The van der Waals surface area contributed by atoms with E-state index in [2.05, 4.69) is 4.74 Å². The molecule has 0 saturated carbocycles. The average Bonchev–Trinajstić information content (AvgIpc) is 2.24. The number of esters is 1. The van der Waals surface area contributed by atoms with Gasteiger partial charge >= 0.3 is 5.97 Å². The maximum absolute atomic E-state index is 11.1. The standard InChI is InChI=1S/C11H11NO3/c1-15-11(14)8-2-4-9(5-3-8)12-6-10(13)7-12/h2-5H,6-7H2,1H3. The van der Waals surface area contributed by atoms with Gasteiger partial charge in [-0.2, -0.15) is 0 Å². The topological polar surface area (TPSA) is 46.6 Å². The summed E-state index contributed by atoms with van der Waals surface area (Å²) in [4.78, 5) is 23.9. The first kappa shape index (κ1) is 9.71. The molecule has 1 fully saturated rings. The van der Waals surface area contributed by atoms with E-state index in [-0.39, 0.29) is 11.8 Å². The third-order valence-electron chi connectivity index (χ3n) is 2.39. The summed E-state index contributed by atoms with van der Waals surface area (Å²) in [5.74, 6) is -0.103. The molecule has 0 atom stereocenters. The number of Topliss-reactive ketones (excluding diaryl/α,β-unsaturated/α-hetero) is 1. The van der Waals surface area contributed by atoms with E-state index in [1.165, 1.54) is 7.11 Å². The van der Waals surface area contributed by atoms with Gasteiger partial charge < -0.3 is 9.64 Å². The number of methoxy groups -OCH3 is 1. The quantitative estimate of drug-likeness (QED) is 0.672. The number of hydrogen-bond donors (Lipinski definition) is 0. The molecule has 15 heavy (non-hydrogen) atoms. The van der Waals surface area contributed by atoms with E-state index in [1.807, 2.05) is 17.0 Å². The summed E-state index contributed by atoms with van der Waals surface area (Å²) < 4.78 is 4.59. The lowest BCUT2D eigenvalue weighted by atomic mass is 10.1. The molecule has 0 unspecified atom stereocenters. The van der Waals surface area contributed by atoms with Crippen LogP contribution in [0.2, 0.25) is 0 Å². The highest BCUT2D eigenvalue weighted by Gasteiger charge is 2.23. The second-order valence-corrected chi connectivity index (χ2v) is 3.43. The van der Waals surface area contributed by atoms with Crippen LogP contribution in [-0.4, -0.2) is 32.0 Å². The van der Waals surface area contributed by atoms with Gasteiger partial charge in [0, 0.05) is 5.69 Å².